The molecule has 0 aliphatic carbocycles. The fourth-order valence-electron chi connectivity index (χ4n) is 2.71. The van der Waals surface area contributed by atoms with Crippen LogP contribution in [0, 0.1) is 6.92 Å². The van der Waals surface area contributed by atoms with Crippen molar-refractivity contribution < 1.29 is 17.6 Å². The van der Waals surface area contributed by atoms with Crippen LogP contribution in [0.25, 0.3) is 11.5 Å². The Labute approximate surface area is 155 Å². The number of hydrogen-bond acceptors (Lipinski definition) is 4. The van der Waals surface area contributed by atoms with Gasteiger partial charge in [-0.1, -0.05) is 29.8 Å². The highest BCUT2D eigenvalue weighted by atomic mass is 19.4. The molecule has 0 radical (unpaired) electrons. The number of nitrogens with zero attached hydrogens (tertiary/aromatic N) is 3. The van der Waals surface area contributed by atoms with Crippen molar-refractivity contribution in [2.75, 3.05) is 7.05 Å². The molecule has 3 aromatic rings. The Kier molecular flexibility index (Phi) is 5.32. The van der Waals surface area contributed by atoms with Crippen molar-refractivity contribution >= 4 is 0 Å². The van der Waals surface area contributed by atoms with Gasteiger partial charge in [0.25, 0.3) is 0 Å². The van der Waals surface area contributed by atoms with Crippen molar-refractivity contribution in [2.45, 2.75) is 32.6 Å². The van der Waals surface area contributed by atoms with E-state index in [1.165, 1.54) is 12.1 Å². The first-order valence-electron chi connectivity index (χ1n) is 8.51. The maximum Gasteiger partial charge on any atom is 0.416 e. The van der Waals surface area contributed by atoms with Crippen molar-refractivity contribution in [3.05, 3.63) is 71.1 Å². The fraction of sp³-hybridized carbons (Fsp3) is 0.300. The van der Waals surface area contributed by atoms with Crippen molar-refractivity contribution in [1.29, 1.82) is 0 Å². The molecule has 3 rings (SSSR count). The molecule has 0 fully saturated rings. The third-order valence-corrected chi connectivity index (χ3v) is 4.44. The zero-order valence-electron chi connectivity index (χ0n) is 15.3. The third-order valence-electron chi connectivity index (χ3n) is 4.44. The van der Waals surface area contributed by atoms with E-state index in [0.717, 1.165) is 28.8 Å². The second kappa shape index (κ2) is 7.52. The third kappa shape index (κ3) is 4.54. The Bertz CT molecular complexity index is 903. The highest BCUT2D eigenvalue weighted by Gasteiger charge is 2.30. The monoisotopic (exact) mass is 375 g/mol. The summed E-state index contributed by atoms with van der Waals surface area (Å²) < 4.78 is 43.8. The first-order valence-corrected chi connectivity index (χ1v) is 8.51. The van der Waals surface area contributed by atoms with E-state index in [9.17, 15) is 13.2 Å². The van der Waals surface area contributed by atoms with Gasteiger partial charge in [0.2, 0.25) is 11.8 Å². The van der Waals surface area contributed by atoms with Crippen LogP contribution in [0.2, 0.25) is 0 Å². The Balaban J connectivity index is 1.69. The predicted octanol–water partition coefficient (Wildman–Crippen LogP) is 5.26. The summed E-state index contributed by atoms with van der Waals surface area (Å²) >= 11 is 0. The summed E-state index contributed by atoms with van der Waals surface area (Å²) in [7, 11) is 1.86. The van der Waals surface area contributed by atoms with Crippen LogP contribution in [-0.4, -0.2) is 22.1 Å². The summed E-state index contributed by atoms with van der Waals surface area (Å²) in [6, 6.07) is 12.8. The minimum atomic E-state index is -4.33. The molecule has 1 aromatic heterocycles. The summed E-state index contributed by atoms with van der Waals surface area (Å²) in [4.78, 5) is 1.94. The lowest BCUT2D eigenvalue weighted by Crippen LogP contribution is -2.22. The first kappa shape index (κ1) is 19.1. The van der Waals surface area contributed by atoms with E-state index in [1.54, 1.807) is 0 Å². The Hall–Kier alpha value is -2.67. The lowest BCUT2D eigenvalue weighted by molar-refractivity contribution is -0.137. The summed E-state index contributed by atoms with van der Waals surface area (Å²) in [6.07, 6.45) is -4.33. The smallest absolute Gasteiger partial charge is 0.416 e. The molecule has 0 aliphatic rings. The van der Waals surface area contributed by atoms with Crippen LogP contribution in [0.4, 0.5) is 13.2 Å². The van der Waals surface area contributed by atoms with Gasteiger partial charge in [0.1, 0.15) is 0 Å². The molecule has 27 heavy (non-hydrogen) atoms. The average molecular weight is 375 g/mol. The van der Waals surface area contributed by atoms with E-state index in [4.69, 9.17) is 4.42 Å². The van der Waals surface area contributed by atoms with Crippen LogP contribution in [0.15, 0.2) is 52.9 Å². The van der Waals surface area contributed by atoms with Crippen molar-refractivity contribution in [3.63, 3.8) is 0 Å². The summed E-state index contributed by atoms with van der Waals surface area (Å²) in [5, 5.41) is 8.23. The van der Waals surface area contributed by atoms with Gasteiger partial charge in [-0.3, -0.25) is 4.90 Å². The molecule has 0 amide bonds. The average Bonchev–Trinajstić information content (AvgIpc) is 3.11. The Morgan fingerprint density at radius 2 is 1.78 bits per heavy atom. The molecule has 1 atom stereocenters. The number of aryl methyl sites for hydroxylation is 1. The van der Waals surface area contributed by atoms with Crippen LogP contribution in [0.5, 0.6) is 0 Å². The van der Waals surface area contributed by atoms with Gasteiger partial charge in [0, 0.05) is 12.1 Å². The van der Waals surface area contributed by atoms with Crippen LogP contribution >= 0.6 is 0 Å². The topological polar surface area (TPSA) is 42.2 Å². The zero-order valence-corrected chi connectivity index (χ0v) is 15.3. The van der Waals surface area contributed by atoms with Crippen molar-refractivity contribution in [2.24, 2.45) is 0 Å². The quantitative estimate of drug-likeness (QED) is 0.610. The Morgan fingerprint density at radius 1 is 1.07 bits per heavy atom. The lowest BCUT2D eigenvalue weighted by atomic mass is 10.1. The summed E-state index contributed by atoms with van der Waals surface area (Å²) in [5.74, 6) is 0.907. The lowest BCUT2D eigenvalue weighted by Gasteiger charge is -2.22. The molecular weight excluding hydrogens is 355 g/mol. The number of halogens is 3. The highest BCUT2D eigenvalue weighted by Crippen LogP contribution is 2.30. The second-order valence-corrected chi connectivity index (χ2v) is 6.60. The molecule has 0 N–H and O–H groups in total. The number of aromatic nitrogens is 2. The van der Waals surface area contributed by atoms with E-state index in [2.05, 4.69) is 10.2 Å². The van der Waals surface area contributed by atoms with Gasteiger partial charge < -0.3 is 4.42 Å². The SMILES string of the molecule is Cc1cccc(-c2nnc([C@@H](C)N(C)Cc3ccc(C(F)(F)F)cc3)o2)c1. The van der Waals surface area contributed by atoms with Crippen LogP contribution < -0.4 is 0 Å². The molecule has 142 valence electrons. The van der Waals surface area contributed by atoms with Crippen molar-refractivity contribution in [3.8, 4) is 11.5 Å². The van der Waals surface area contributed by atoms with E-state index in [0.29, 0.717) is 18.3 Å². The maximum atomic E-state index is 12.7. The van der Waals surface area contributed by atoms with Crippen LogP contribution in [0.3, 0.4) is 0 Å². The van der Waals surface area contributed by atoms with Crippen molar-refractivity contribution in [1.82, 2.24) is 15.1 Å². The minimum absolute atomic E-state index is 0.182. The van der Waals surface area contributed by atoms with Gasteiger partial charge in [0.05, 0.1) is 11.6 Å². The van der Waals surface area contributed by atoms with Gasteiger partial charge in [-0.15, -0.1) is 10.2 Å². The molecule has 0 saturated carbocycles. The van der Waals surface area contributed by atoms with Gasteiger partial charge in [-0.05, 0) is 50.7 Å². The van der Waals surface area contributed by atoms with Crippen LogP contribution in [0.1, 0.15) is 35.5 Å². The second-order valence-electron chi connectivity index (χ2n) is 6.60. The Morgan fingerprint density at radius 3 is 2.41 bits per heavy atom. The van der Waals surface area contributed by atoms with Crippen LogP contribution in [-0.2, 0) is 12.7 Å². The molecule has 0 spiro atoms. The molecule has 0 unspecified atom stereocenters. The maximum absolute atomic E-state index is 12.7. The van der Waals surface area contributed by atoms with Gasteiger partial charge in [-0.25, -0.2) is 0 Å². The van der Waals surface area contributed by atoms with E-state index in [1.807, 2.05) is 50.1 Å². The van der Waals surface area contributed by atoms with E-state index >= 15 is 0 Å². The molecule has 0 saturated heterocycles. The molecule has 4 nitrogen and oxygen atoms in total. The summed E-state index contributed by atoms with van der Waals surface area (Å²) in [5.41, 5.74) is 2.07. The standard InChI is InChI=1S/C20H20F3N3O/c1-13-5-4-6-16(11-13)19-25-24-18(27-19)14(2)26(3)12-15-7-9-17(10-8-15)20(21,22)23/h4-11,14H,12H2,1-3H3/t14-/m1/s1. The summed E-state index contributed by atoms with van der Waals surface area (Å²) in [6.45, 7) is 4.36. The largest absolute Gasteiger partial charge is 0.419 e. The normalized spacial score (nSPS) is 13.1. The highest BCUT2D eigenvalue weighted by molar-refractivity contribution is 5.53. The first-order chi connectivity index (χ1) is 12.7. The molecule has 0 bridgehead atoms. The molecule has 1 heterocycles. The van der Waals surface area contributed by atoms with Gasteiger partial charge in [0.15, 0.2) is 0 Å². The predicted molar refractivity (Wildman–Crippen MR) is 95.8 cm³/mol. The van der Waals surface area contributed by atoms with Gasteiger partial charge >= 0.3 is 6.18 Å². The molecular formula is C20H20F3N3O. The molecule has 0 aliphatic heterocycles. The number of rotatable bonds is 5. The number of alkyl halides is 3. The van der Waals surface area contributed by atoms with Gasteiger partial charge in [-0.2, -0.15) is 13.2 Å². The fourth-order valence-corrected chi connectivity index (χ4v) is 2.71. The van der Waals surface area contributed by atoms with E-state index in [-0.39, 0.29) is 6.04 Å². The molecule has 2 aromatic carbocycles. The molecule has 7 heteroatoms. The minimum Gasteiger partial charge on any atom is -0.419 e. The van der Waals surface area contributed by atoms with E-state index < -0.39 is 11.7 Å². The number of hydrogen-bond donors (Lipinski definition) is 0. The number of benzene rings is 2. The zero-order chi connectivity index (χ0) is 19.6.